The third kappa shape index (κ3) is 10.0. The number of carbonyl (C=O) groups excluding carboxylic acids is 1. The number of hydrogen-bond donors (Lipinski definition) is 3. The number of allylic oxidation sites excluding steroid dienone is 1. The van der Waals surface area contributed by atoms with Crippen molar-refractivity contribution in [1.29, 1.82) is 0 Å². The van der Waals surface area contributed by atoms with E-state index in [9.17, 15) is 14.7 Å². The lowest BCUT2D eigenvalue weighted by Gasteiger charge is -2.65. The fraction of sp³-hybridized carbons (Fsp3) is 0.938. The molecule has 0 aromatic carbocycles. The third-order valence-corrected chi connectivity index (χ3v) is 18.3. The van der Waals surface area contributed by atoms with Gasteiger partial charge in [0, 0.05) is 55.4 Å². The Morgan fingerprint density at radius 3 is 2.27 bits per heavy atom. The molecule has 3 heterocycles. The topological polar surface area (TPSA) is 257 Å². The molecule has 0 radical (unpaired) electrons. The first-order chi connectivity index (χ1) is 31.3. The summed E-state index contributed by atoms with van der Waals surface area (Å²) in [6, 6.07) is -0.602. The Hall–Kier alpha value is -2.23. The molecule has 18 heteroatoms. The highest BCUT2D eigenvalue weighted by Crippen LogP contribution is 2.74. The van der Waals surface area contributed by atoms with Gasteiger partial charge in [-0.1, -0.05) is 68.7 Å². The van der Waals surface area contributed by atoms with E-state index in [-0.39, 0.29) is 78.1 Å². The van der Waals surface area contributed by atoms with Crippen LogP contribution in [-0.2, 0) is 42.9 Å². The quantitative estimate of drug-likeness (QED) is 0.0647. The van der Waals surface area contributed by atoms with Crippen LogP contribution < -0.4 is 17.5 Å². The number of fused-ring (bicyclic) bond motifs is 5. The lowest BCUT2D eigenvalue weighted by Crippen LogP contribution is -2.63. The molecule has 374 valence electrons. The molecule has 0 aromatic heterocycles. The summed E-state index contributed by atoms with van der Waals surface area (Å²) in [7, 11) is 0. The predicted octanol–water partition coefficient (Wildman–Crippen LogP) is 7.41. The summed E-state index contributed by atoms with van der Waals surface area (Å²) in [5.41, 5.74) is 5.55. The van der Waals surface area contributed by atoms with E-state index < -0.39 is 54.2 Å². The summed E-state index contributed by atoms with van der Waals surface area (Å²) in [4.78, 5) is 60.0. The highest BCUT2D eigenvalue weighted by Gasteiger charge is 2.70. The van der Waals surface area contributed by atoms with Gasteiger partial charge < -0.3 is 43.8 Å². The maximum absolute atomic E-state index is 15.1. The Labute approximate surface area is 390 Å². The van der Waals surface area contributed by atoms with Gasteiger partial charge in [0.15, 0.2) is 18.9 Å². The van der Waals surface area contributed by atoms with Crippen molar-refractivity contribution in [3.05, 3.63) is 26.4 Å². The molecule has 3 saturated heterocycles. The molecule has 3 saturated carbocycles. The average molecular weight is 933 g/mol. The molecule has 6 fully saturated rings. The van der Waals surface area contributed by atoms with E-state index in [1.807, 2.05) is 0 Å². The van der Waals surface area contributed by atoms with E-state index in [1.54, 1.807) is 13.8 Å². The average Bonchev–Trinajstić information content (AvgIpc) is 3.54. The van der Waals surface area contributed by atoms with E-state index in [4.69, 9.17) is 55.6 Å². The van der Waals surface area contributed by atoms with Gasteiger partial charge in [0.25, 0.3) is 0 Å². The number of ketones is 1. The van der Waals surface area contributed by atoms with E-state index in [0.717, 1.165) is 38.5 Å². The smallest absolute Gasteiger partial charge is 0.161 e. The molecule has 0 bridgehead atoms. The van der Waals surface area contributed by atoms with Gasteiger partial charge in [-0.3, -0.25) is 4.79 Å². The first-order valence-corrected chi connectivity index (χ1v) is 24.8. The second-order valence-electron chi connectivity index (χ2n) is 22.9. The SMILES string of the molecule is CC(CCC(O[C@H]1C[C@@H](ON)C[C@@H](CO[C@H]2C[C@@H](N=O)C[C@@H](CON)O2)O1)C(C)(C)N=O)C1CCC2(C)C3CC=C4C(CCC(O[C@H]5C[C@@H](N)C[C@@H](CN=O)O5)C4(C)C)C3(C)C(=O)CC12C. The van der Waals surface area contributed by atoms with Gasteiger partial charge in [0.2, 0.25) is 0 Å². The summed E-state index contributed by atoms with van der Waals surface area (Å²) in [6.07, 6.45) is 7.35. The summed E-state index contributed by atoms with van der Waals surface area (Å²) in [6.45, 7) is 17.8. The van der Waals surface area contributed by atoms with Gasteiger partial charge in [-0.05, 0) is 99.7 Å². The first-order valence-electron chi connectivity index (χ1n) is 24.8. The molecule has 18 atom stereocenters. The minimum Gasteiger partial charge on any atom is -0.350 e. The highest BCUT2D eigenvalue weighted by molar-refractivity contribution is 5.88. The molecule has 6 N–H and O–H groups in total. The lowest BCUT2D eigenvalue weighted by atomic mass is 9.38. The van der Waals surface area contributed by atoms with Crippen molar-refractivity contribution in [3.8, 4) is 0 Å². The molecule has 7 aliphatic rings. The monoisotopic (exact) mass is 933 g/mol. The number of nitrogens with two attached hydrogens (primary N) is 3. The van der Waals surface area contributed by atoms with Crippen LogP contribution in [0.5, 0.6) is 0 Å². The largest absolute Gasteiger partial charge is 0.350 e. The van der Waals surface area contributed by atoms with Gasteiger partial charge >= 0.3 is 0 Å². The summed E-state index contributed by atoms with van der Waals surface area (Å²) in [5.74, 6) is 12.2. The van der Waals surface area contributed by atoms with Crippen LogP contribution in [0.4, 0.5) is 0 Å². The number of Topliss-reactive ketones (excluding diaryl/α,β-unsaturated/α-hetero) is 1. The van der Waals surface area contributed by atoms with Crippen LogP contribution in [0.25, 0.3) is 0 Å². The van der Waals surface area contributed by atoms with Gasteiger partial charge in [-0.15, -0.1) is 0 Å². The number of nitrogens with zero attached hydrogens (tertiary/aromatic N) is 3. The molecule has 0 aromatic rings. The minimum absolute atomic E-state index is 0.0575. The van der Waals surface area contributed by atoms with E-state index in [0.29, 0.717) is 63.1 Å². The number of hydrogen-bond acceptors (Lipinski definition) is 18. The lowest BCUT2D eigenvalue weighted by molar-refractivity contribution is -0.271. The maximum atomic E-state index is 15.1. The number of carbonyl (C=O) groups is 1. The van der Waals surface area contributed by atoms with E-state index in [1.165, 1.54) is 5.57 Å². The first kappa shape index (κ1) is 51.6. The fourth-order valence-electron chi connectivity index (χ4n) is 14.3. The fourth-order valence-corrected chi connectivity index (χ4v) is 14.3. The minimum atomic E-state index is -1.06. The van der Waals surface area contributed by atoms with Crippen LogP contribution in [0.1, 0.15) is 145 Å². The number of rotatable bonds is 19. The molecule has 18 nitrogen and oxygen atoms in total. The van der Waals surface area contributed by atoms with Crippen LogP contribution >= 0.6 is 0 Å². The van der Waals surface area contributed by atoms with Crippen molar-refractivity contribution in [2.75, 3.05) is 19.8 Å². The van der Waals surface area contributed by atoms with Crippen LogP contribution in [0.15, 0.2) is 27.2 Å². The summed E-state index contributed by atoms with van der Waals surface area (Å²) >= 11 is 0. The van der Waals surface area contributed by atoms with Gasteiger partial charge in [0.05, 0.1) is 55.9 Å². The molecule has 7 rings (SSSR count). The highest BCUT2D eigenvalue weighted by atomic mass is 16.7. The molecular formula is C48H80N6O12. The zero-order chi connectivity index (χ0) is 47.8. The molecule has 0 amide bonds. The Morgan fingerprint density at radius 2 is 1.58 bits per heavy atom. The normalized spacial score (nSPS) is 43.4. The predicted molar refractivity (Wildman–Crippen MR) is 244 cm³/mol. The zero-order valence-electron chi connectivity index (χ0n) is 40.7. The van der Waals surface area contributed by atoms with Gasteiger partial charge in [-0.25, -0.2) is 11.8 Å². The Bertz CT molecular complexity index is 1760. The van der Waals surface area contributed by atoms with E-state index in [2.05, 4.69) is 63.1 Å². The van der Waals surface area contributed by atoms with Gasteiger partial charge in [-0.2, -0.15) is 14.7 Å². The Balaban J connectivity index is 1.00. The number of nitroso groups, excluding NO2 is 3. The summed E-state index contributed by atoms with van der Waals surface area (Å²) in [5, 5.41) is 9.80. The van der Waals surface area contributed by atoms with Crippen molar-refractivity contribution in [2.45, 2.75) is 218 Å². The second kappa shape index (κ2) is 20.6. The Kier molecular flexibility index (Phi) is 16.1. The molecular weight excluding hydrogens is 853 g/mol. The maximum Gasteiger partial charge on any atom is 0.161 e. The van der Waals surface area contributed by atoms with E-state index >= 15 is 4.79 Å². The van der Waals surface area contributed by atoms with Crippen LogP contribution in [0, 0.1) is 60.1 Å². The zero-order valence-corrected chi connectivity index (χ0v) is 40.7. The number of ether oxygens (including phenoxy) is 6. The molecule has 4 aliphatic carbocycles. The molecule has 3 aliphatic heterocycles. The van der Waals surface area contributed by atoms with Gasteiger partial charge in [0.1, 0.15) is 17.9 Å². The molecule has 9 unspecified atom stereocenters. The van der Waals surface area contributed by atoms with Crippen molar-refractivity contribution in [3.63, 3.8) is 0 Å². The standard InChI is InChI=1S/C48H80N6O12/c1-27(9-13-40(45(4,5)54-58)65-43-22-30(66-51)21-33(63-43)25-59-41-20-29(53-57)19-32(62-41)26-60-50)34-15-16-46(6)37-12-10-35-36(48(37,8)38(55)23-47(34,46)7)11-14-39(44(35,2)3)64-42-18-28(49)17-31(61-42)24-52-56/h10,27-34,36-37,39-43H,9,11-26,49-51H2,1-8H3/t27?,28-,29-,30-,31-,32-,33-,34?,36?,37?,39?,40?,41+,42-,43-,46?,47?,48?/m0/s1. The third-order valence-electron chi connectivity index (χ3n) is 18.3. The van der Waals surface area contributed by atoms with Crippen molar-refractivity contribution in [1.82, 2.24) is 0 Å². The Morgan fingerprint density at radius 1 is 0.848 bits per heavy atom. The van der Waals surface area contributed by atoms with Crippen molar-refractivity contribution in [2.24, 2.45) is 78.4 Å². The second-order valence-corrected chi connectivity index (χ2v) is 22.9. The molecule has 0 spiro atoms. The van der Waals surface area contributed by atoms with Crippen LogP contribution in [-0.4, -0.2) is 98.7 Å². The van der Waals surface area contributed by atoms with Crippen molar-refractivity contribution < 1.29 is 42.9 Å². The van der Waals surface area contributed by atoms with Crippen LogP contribution in [0.2, 0.25) is 0 Å². The summed E-state index contributed by atoms with van der Waals surface area (Å²) < 4.78 is 38.0. The van der Waals surface area contributed by atoms with Crippen molar-refractivity contribution >= 4 is 5.78 Å². The molecule has 66 heavy (non-hydrogen) atoms. The van der Waals surface area contributed by atoms with Crippen LogP contribution in [0.3, 0.4) is 0 Å².